The molecular formula is C20H25ClN2. The van der Waals surface area contributed by atoms with Crippen LogP contribution < -0.4 is 0 Å². The first-order chi connectivity index (χ1) is 11.3. The second kappa shape index (κ2) is 8.44. The number of aromatic nitrogens is 1. The van der Waals surface area contributed by atoms with E-state index < -0.39 is 0 Å². The van der Waals surface area contributed by atoms with Gasteiger partial charge in [-0.1, -0.05) is 30.5 Å². The summed E-state index contributed by atoms with van der Waals surface area (Å²) in [5.74, 6) is 1.20. The van der Waals surface area contributed by atoms with Gasteiger partial charge < -0.3 is 0 Å². The van der Waals surface area contributed by atoms with Gasteiger partial charge in [0.15, 0.2) is 0 Å². The van der Waals surface area contributed by atoms with Crippen molar-refractivity contribution in [3.05, 3.63) is 53.5 Å². The summed E-state index contributed by atoms with van der Waals surface area (Å²) in [6.07, 6.45) is 19.9. The molecule has 0 amide bonds. The minimum Gasteiger partial charge on any atom is -0.265 e. The van der Waals surface area contributed by atoms with E-state index in [1.165, 1.54) is 49.8 Å². The number of nitrogens with zero attached hydrogens (tertiary/aromatic N) is 2. The molecule has 23 heavy (non-hydrogen) atoms. The van der Waals surface area contributed by atoms with Gasteiger partial charge in [-0.15, -0.1) is 0 Å². The number of rotatable bonds is 2. The highest BCUT2D eigenvalue weighted by Gasteiger charge is 2.21. The fraction of sp³-hybridized carbons (Fsp3) is 0.500. The highest BCUT2D eigenvalue weighted by molar-refractivity contribution is 6.30. The van der Waals surface area contributed by atoms with Crippen LogP contribution in [-0.2, 0) is 0 Å². The third kappa shape index (κ3) is 4.78. The van der Waals surface area contributed by atoms with Crippen LogP contribution in [0.1, 0.15) is 62.8 Å². The molecule has 0 radical (unpaired) electrons. The average Bonchev–Trinajstić information content (AvgIpc) is 2.52. The van der Waals surface area contributed by atoms with Gasteiger partial charge in [0.2, 0.25) is 0 Å². The van der Waals surface area contributed by atoms with Crippen LogP contribution in [-0.4, -0.2) is 10.7 Å². The first kappa shape index (κ1) is 16.4. The topological polar surface area (TPSA) is 25.2 Å². The summed E-state index contributed by atoms with van der Waals surface area (Å²) in [5.41, 5.74) is 2.62. The molecule has 1 aliphatic carbocycles. The van der Waals surface area contributed by atoms with Gasteiger partial charge in [-0.25, -0.2) is 4.99 Å². The largest absolute Gasteiger partial charge is 0.265 e. The average molecular weight is 329 g/mol. The van der Waals surface area contributed by atoms with Crippen molar-refractivity contribution in [1.82, 2.24) is 4.98 Å². The van der Waals surface area contributed by atoms with E-state index in [9.17, 15) is 0 Å². The first-order valence-electron chi connectivity index (χ1n) is 8.83. The maximum Gasteiger partial charge on any atom is 0.125 e. The fourth-order valence-corrected chi connectivity index (χ4v) is 3.88. The number of pyridine rings is 1. The Morgan fingerprint density at radius 1 is 0.913 bits per heavy atom. The lowest BCUT2D eigenvalue weighted by molar-refractivity contribution is 0.415. The molecule has 0 bridgehead atoms. The number of aliphatic imine (C=N–C) groups is 1. The number of hydrogen-bond acceptors (Lipinski definition) is 2. The number of allylic oxidation sites excluding steroid dienone is 3. The summed E-state index contributed by atoms with van der Waals surface area (Å²) in [4.78, 5) is 8.83. The summed E-state index contributed by atoms with van der Waals surface area (Å²) < 4.78 is 0. The zero-order chi connectivity index (χ0) is 15.9. The molecule has 0 aromatic carbocycles. The maximum atomic E-state index is 6.24. The van der Waals surface area contributed by atoms with Crippen LogP contribution in [0.4, 0.5) is 0 Å². The van der Waals surface area contributed by atoms with Crippen molar-refractivity contribution in [2.24, 2.45) is 10.9 Å². The predicted molar refractivity (Wildman–Crippen MR) is 97.9 cm³/mol. The molecule has 1 aliphatic heterocycles. The quantitative estimate of drug-likeness (QED) is 0.610. The molecule has 122 valence electrons. The van der Waals surface area contributed by atoms with E-state index >= 15 is 0 Å². The second-order valence-corrected chi connectivity index (χ2v) is 6.97. The Kier molecular flexibility index (Phi) is 6.04. The monoisotopic (exact) mass is 328 g/mol. The van der Waals surface area contributed by atoms with Crippen LogP contribution in [0.5, 0.6) is 0 Å². The van der Waals surface area contributed by atoms with Gasteiger partial charge >= 0.3 is 0 Å². The van der Waals surface area contributed by atoms with Crippen molar-refractivity contribution < 1.29 is 0 Å². The Morgan fingerprint density at radius 3 is 2.48 bits per heavy atom. The van der Waals surface area contributed by atoms with Crippen LogP contribution in [0.15, 0.2) is 52.9 Å². The summed E-state index contributed by atoms with van der Waals surface area (Å²) in [5, 5.41) is 0.664. The molecule has 2 unspecified atom stereocenters. The van der Waals surface area contributed by atoms with Crippen molar-refractivity contribution in [3.8, 4) is 0 Å². The van der Waals surface area contributed by atoms with Gasteiger partial charge in [0.1, 0.15) is 5.16 Å². The zero-order valence-corrected chi connectivity index (χ0v) is 14.4. The van der Waals surface area contributed by atoms with Crippen molar-refractivity contribution >= 4 is 17.3 Å². The Bertz CT molecular complexity index is 589. The zero-order valence-electron chi connectivity index (χ0n) is 13.6. The van der Waals surface area contributed by atoms with Crippen LogP contribution in [0.3, 0.4) is 0 Å². The van der Waals surface area contributed by atoms with Crippen molar-refractivity contribution in [2.75, 3.05) is 0 Å². The van der Waals surface area contributed by atoms with E-state index in [1.54, 1.807) is 0 Å². The normalized spacial score (nSPS) is 32.2. The minimum absolute atomic E-state index is 0.538. The van der Waals surface area contributed by atoms with Gasteiger partial charge in [0.05, 0.1) is 0 Å². The van der Waals surface area contributed by atoms with Crippen LogP contribution in [0.2, 0.25) is 0 Å². The Balaban J connectivity index is 1.72. The predicted octanol–water partition coefficient (Wildman–Crippen LogP) is 6.01. The smallest absolute Gasteiger partial charge is 0.125 e. The summed E-state index contributed by atoms with van der Waals surface area (Å²) >= 11 is 6.24. The van der Waals surface area contributed by atoms with E-state index in [2.05, 4.69) is 34.3 Å². The molecule has 3 rings (SSSR count). The molecule has 2 heterocycles. The van der Waals surface area contributed by atoms with Gasteiger partial charge in [0.25, 0.3) is 0 Å². The van der Waals surface area contributed by atoms with E-state index in [0.29, 0.717) is 17.0 Å². The third-order valence-corrected chi connectivity index (χ3v) is 5.22. The molecule has 1 aromatic rings. The Morgan fingerprint density at radius 2 is 1.65 bits per heavy atom. The van der Waals surface area contributed by atoms with Crippen LogP contribution in [0.25, 0.3) is 0 Å². The standard InChI is InChI=1S/C20H25ClN2/c21-20-9-3-1-2-8-19(23-20)18-7-5-4-6-16(10-11-18)17-12-14-22-15-13-17/h2,8-9,12-16,18H,1,3-7,10-11H2/b8-2-,20-9-,23-19+. The van der Waals surface area contributed by atoms with E-state index in [-0.39, 0.29) is 0 Å². The summed E-state index contributed by atoms with van der Waals surface area (Å²) in [6, 6.07) is 4.35. The molecule has 1 fully saturated rings. The van der Waals surface area contributed by atoms with Crippen LogP contribution in [0, 0.1) is 5.92 Å². The number of hydrogen-bond donors (Lipinski definition) is 0. The lowest BCUT2D eigenvalue weighted by Gasteiger charge is -2.25. The van der Waals surface area contributed by atoms with Crippen molar-refractivity contribution in [3.63, 3.8) is 0 Å². The molecule has 2 aliphatic rings. The van der Waals surface area contributed by atoms with E-state index in [0.717, 1.165) is 12.8 Å². The third-order valence-electron chi connectivity index (χ3n) is 4.99. The molecule has 0 saturated heterocycles. The lowest BCUT2D eigenvalue weighted by Crippen LogP contribution is -2.17. The van der Waals surface area contributed by atoms with Crippen LogP contribution >= 0.6 is 11.6 Å². The summed E-state index contributed by atoms with van der Waals surface area (Å²) in [7, 11) is 0. The van der Waals surface area contributed by atoms with Crippen molar-refractivity contribution in [1.29, 1.82) is 0 Å². The molecular weight excluding hydrogens is 304 g/mol. The van der Waals surface area contributed by atoms with Gasteiger partial charge in [0, 0.05) is 24.0 Å². The second-order valence-electron chi connectivity index (χ2n) is 6.58. The molecule has 3 heteroatoms. The van der Waals surface area contributed by atoms with Gasteiger partial charge in [-0.2, -0.15) is 0 Å². The van der Waals surface area contributed by atoms with Gasteiger partial charge in [-0.05, 0) is 74.3 Å². The fourth-order valence-electron chi connectivity index (χ4n) is 3.67. The first-order valence-corrected chi connectivity index (χ1v) is 9.21. The summed E-state index contributed by atoms with van der Waals surface area (Å²) in [6.45, 7) is 0. The highest BCUT2D eigenvalue weighted by atomic mass is 35.5. The Labute approximate surface area is 144 Å². The Hall–Kier alpha value is -1.41. The molecule has 0 N–H and O–H groups in total. The SMILES string of the molecule is ClC1=C/CC\C=C/C(C2CCCCC(c3ccncc3)CC2)=N\1. The maximum absolute atomic E-state index is 6.24. The molecule has 1 saturated carbocycles. The molecule has 1 aromatic heterocycles. The molecule has 0 spiro atoms. The molecule has 2 atom stereocenters. The highest BCUT2D eigenvalue weighted by Crippen LogP contribution is 2.34. The van der Waals surface area contributed by atoms with Crippen molar-refractivity contribution in [2.45, 2.75) is 57.3 Å². The van der Waals surface area contributed by atoms with Gasteiger partial charge in [-0.3, -0.25) is 4.98 Å². The lowest BCUT2D eigenvalue weighted by atomic mass is 9.80. The number of halogens is 1. The van der Waals surface area contributed by atoms with E-state index in [4.69, 9.17) is 11.6 Å². The minimum atomic E-state index is 0.538. The van der Waals surface area contributed by atoms with E-state index in [1.807, 2.05) is 18.5 Å². The molecule has 2 nitrogen and oxygen atoms in total.